The van der Waals surface area contributed by atoms with Gasteiger partial charge in [0.25, 0.3) is 5.88 Å². The first-order valence-electron chi connectivity index (χ1n) is 7.97. The highest BCUT2D eigenvalue weighted by Gasteiger charge is 2.41. The summed E-state index contributed by atoms with van der Waals surface area (Å²) in [4.78, 5) is 12.3. The van der Waals surface area contributed by atoms with Crippen LogP contribution in [0.3, 0.4) is 0 Å². The molecule has 0 radical (unpaired) electrons. The molecule has 0 saturated heterocycles. The standard InChI is InChI=1S/C16H17F3N6O2/c1-4-20-13(16(17,18)19)10-5-9(12(26-2)6-21-10)11-7-25-14(22-8-23-25)15(24-11)27-3/h5-8,13,20H,4H2,1-3H3/t13-/m0/s1. The molecule has 0 spiro atoms. The van der Waals surface area contributed by atoms with Gasteiger partial charge in [0.1, 0.15) is 18.1 Å². The molecule has 3 rings (SSSR count). The molecule has 1 atom stereocenters. The van der Waals surface area contributed by atoms with E-state index in [9.17, 15) is 13.2 Å². The lowest BCUT2D eigenvalue weighted by atomic mass is 10.1. The smallest absolute Gasteiger partial charge is 0.409 e. The minimum Gasteiger partial charge on any atom is -0.494 e. The number of fused-ring (bicyclic) bond motifs is 1. The van der Waals surface area contributed by atoms with E-state index in [1.54, 1.807) is 6.92 Å². The van der Waals surface area contributed by atoms with Gasteiger partial charge in [0, 0.05) is 5.56 Å². The van der Waals surface area contributed by atoms with Crippen LogP contribution in [0.2, 0.25) is 0 Å². The Morgan fingerprint density at radius 1 is 1.22 bits per heavy atom. The minimum absolute atomic E-state index is 0.129. The van der Waals surface area contributed by atoms with Crippen LogP contribution < -0.4 is 14.8 Å². The fourth-order valence-corrected chi connectivity index (χ4v) is 2.64. The van der Waals surface area contributed by atoms with Gasteiger partial charge in [-0.1, -0.05) is 6.92 Å². The van der Waals surface area contributed by atoms with Gasteiger partial charge < -0.3 is 14.8 Å². The van der Waals surface area contributed by atoms with Gasteiger partial charge in [0.05, 0.1) is 38.0 Å². The minimum atomic E-state index is -4.50. The van der Waals surface area contributed by atoms with E-state index in [4.69, 9.17) is 9.47 Å². The molecule has 0 aromatic carbocycles. The Labute approximate surface area is 152 Å². The fourth-order valence-electron chi connectivity index (χ4n) is 2.64. The first-order valence-corrected chi connectivity index (χ1v) is 7.97. The molecule has 0 amide bonds. The monoisotopic (exact) mass is 382 g/mol. The van der Waals surface area contributed by atoms with Gasteiger partial charge in [0.15, 0.2) is 0 Å². The molecule has 11 heteroatoms. The molecule has 0 aliphatic rings. The van der Waals surface area contributed by atoms with E-state index in [0.29, 0.717) is 16.9 Å². The molecule has 0 unspecified atom stereocenters. The summed E-state index contributed by atoms with van der Waals surface area (Å²) in [5, 5.41) is 6.43. The second-order valence-electron chi connectivity index (χ2n) is 5.51. The Bertz CT molecular complexity index is 944. The number of methoxy groups -OCH3 is 2. The largest absolute Gasteiger partial charge is 0.494 e. The highest BCUT2D eigenvalue weighted by Crippen LogP contribution is 2.36. The van der Waals surface area contributed by atoms with Gasteiger partial charge in [-0.05, 0) is 12.6 Å². The van der Waals surface area contributed by atoms with Gasteiger partial charge in [0.2, 0.25) is 5.65 Å². The summed E-state index contributed by atoms with van der Waals surface area (Å²) in [7, 11) is 2.82. The Balaban J connectivity index is 2.17. The predicted octanol–water partition coefficient (Wildman–Crippen LogP) is 2.42. The van der Waals surface area contributed by atoms with E-state index in [1.807, 2.05) is 0 Å². The third kappa shape index (κ3) is 3.63. The molecule has 0 aliphatic carbocycles. The molecule has 144 valence electrons. The summed E-state index contributed by atoms with van der Waals surface area (Å²) in [6.45, 7) is 1.72. The molecule has 27 heavy (non-hydrogen) atoms. The Hall–Kier alpha value is -2.95. The van der Waals surface area contributed by atoms with Crippen LogP contribution in [0.5, 0.6) is 11.6 Å². The quantitative estimate of drug-likeness (QED) is 0.701. The van der Waals surface area contributed by atoms with Crippen LogP contribution >= 0.6 is 0 Å². The SMILES string of the molecule is CCN[C@@H](c1cc(-c2cn3ncnc3c(OC)n2)c(OC)cn1)C(F)(F)F. The van der Waals surface area contributed by atoms with E-state index in [-0.39, 0.29) is 23.9 Å². The third-order valence-electron chi connectivity index (χ3n) is 3.84. The maximum absolute atomic E-state index is 13.4. The van der Waals surface area contributed by atoms with Crippen LogP contribution in [0.4, 0.5) is 13.2 Å². The Morgan fingerprint density at radius 2 is 2.00 bits per heavy atom. The molecule has 0 bridgehead atoms. The zero-order valence-electron chi connectivity index (χ0n) is 14.8. The van der Waals surface area contributed by atoms with Crippen LogP contribution in [0.15, 0.2) is 24.8 Å². The zero-order valence-corrected chi connectivity index (χ0v) is 14.8. The van der Waals surface area contributed by atoms with Crippen molar-refractivity contribution in [3.63, 3.8) is 0 Å². The lowest BCUT2D eigenvalue weighted by Gasteiger charge is -2.21. The molecule has 0 fully saturated rings. The number of alkyl halides is 3. The predicted molar refractivity (Wildman–Crippen MR) is 89.6 cm³/mol. The van der Waals surface area contributed by atoms with Crippen molar-refractivity contribution < 1.29 is 22.6 Å². The van der Waals surface area contributed by atoms with E-state index < -0.39 is 12.2 Å². The summed E-state index contributed by atoms with van der Waals surface area (Å²) in [5.74, 6) is 0.453. The number of halogens is 3. The first-order chi connectivity index (χ1) is 12.9. The molecule has 8 nitrogen and oxygen atoms in total. The maximum atomic E-state index is 13.4. The van der Waals surface area contributed by atoms with Gasteiger partial charge in [-0.3, -0.25) is 4.98 Å². The number of nitrogens with one attached hydrogen (secondary N) is 1. The number of hydrogen-bond donors (Lipinski definition) is 1. The average Bonchev–Trinajstić information content (AvgIpc) is 3.12. The average molecular weight is 382 g/mol. The lowest BCUT2D eigenvalue weighted by Crippen LogP contribution is -2.34. The summed E-state index contributed by atoms with van der Waals surface area (Å²) < 4.78 is 52.1. The zero-order chi connectivity index (χ0) is 19.6. The molecule has 1 N–H and O–H groups in total. The third-order valence-corrected chi connectivity index (χ3v) is 3.84. The van der Waals surface area contributed by atoms with Crippen molar-refractivity contribution in [2.45, 2.75) is 19.1 Å². The van der Waals surface area contributed by atoms with Crippen LogP contribution in [0.1, 0.15) is 18.7 Å². The number of nitrogens with zero attached hydrogens (tertiary/aromatic N) is 5. The van der Waals surface area contributed by atoms with E-state index in [1.165, 1.54) is 43.5 Å². The molecule has 3 heterocycles. The fraction of sp³-hybridized carbons (Fsp3) is 0.375. The van der Waals surface area contributed by atoms with Gasteiger partial charge >= 0.3 is 6.18 Å². The van der Waals surface area contributed by atoms with Crippen LogP contribution in [0, 0.1) is 0 Å². The van der Waals surface area contributed by atoms with Gasteiger partial charge in [-0.25, -0.2) is 14.5 Å². The van der Waals surface area contributed by atoms with Gasteiger partial charge in [-0.15, -0.1) is 0 Å². The highest BCUT2D eigenvalue weighted by molar-refractivity contribution is 5.68. The van der Waals surface area contributed by atoms with Crippen molar-refractivity contribution >= 4 is 5.65 Å². The Kier molecular flexibility index (Phi) is 5.13. The van der Waals surface area contributed by atoms with Gasteiger partial charge in [-0.2, -0.15) is 18.3 Å². The number of pyridine rings is 1. The Morgan fingerprint density at radius 3 is 2.63 bits per heavy atom. The summed E-state index contributed by atoms with van der Waals surface area (Å²) in [6.07, 6.45) is -0.415. The molecular weight excluding hydrogens is 365 g/mol. The second kappa shape index (κ2) is 7.35. The number of aromatic nitrogens is 5. The van der Waals surface area contributed by atoms with Crippen molar-refractivity contribution in [1.82, 2.24) is 29.9 Å². The molecule has 3 aromatic heterocycles. The van der Waals surface area contributed by atoms with Crippen molar-refractivity contribution in [1.29, 1.82) is 0 Å². The lowest BCUT2D eigenvalue weighted by molar-refractivity contribution is -0.158. The molecule has 3 aromatic rings. The first kappa shape index (κ1) is 18.8. The van der Waals surface area contributed by atoms with Crippen LogP contribution in [-0.4, -0.2) is 51.5 Å². The van der Waals surface area contributed by atoms with E-state index >= 15 is 0 Å². The number of ether oxygens (including phenoxy) is 2. The van der Waals surface area contributed by atoms with Crippen molar-refractivity contribution in [2.24, 2.45) is 0 Å². The van der Waals surface area contributed by atoms with Crippen LogP contribution in [0.25, 0.3) is 16.9 Å². The molecule has 0 saturated carbocycles. The van der Waals surface area contributed by atoms with Crippen molar-refractivity contribution in [2.75, 3.05) is 20.8 Å². The second-order valence-corrected chi connectivity index (χ2v) is 5.51. The molecular formula is C16H17F3N6O2. The summed E-state index contributed by atoms with van der Waals surface area (Å²) in [6, 6.07) is -0.617. The maximum Gasteiger partial charge on any atom is 0.409 e. The van der Waals surface area contributed by atoms with E-state index in [2.05, 4.69) is 25.4 Å². The highest BCUT2D eigenvalue weighted by atomic mass is 19.4. The normalized spacial score (nSPS) is 13.0. The van der Waals surface area contributed by atoms with Crippen LogP contribution in [-0.2, 0) is 0 Å². The number of hydrogen-bond acceptors (Lipinski definition) is 7. The topological polar surface area (TPSA) is 86.5 Å². The van der Waals surface area contributed by atoms with E-state index in [0.717, 1.165) is 0 Å². The molecule has 0 aliphatic heterocycles. The number of rotatable bonds is 6. The van der Waals surface area contributed by atoms with Crippen molar-refractivity contribution in [3.8, 4) is 22.9 Å². The summed E-state index contributed by atoms with van der Waals surface area (Å²) >= 11 is 0. The summed E-state index contributed by atoms with van der Waals surface area (Å²) in [5.41, 5.74) is 0.822. The van der Waals surface area contributed by atoms with Crippen molar-refractivity contribution in [3.05, 3.63) is 30.5 Å².